The normalized spacial score (nSPS) is 10.1. The van der Waals surface area contributed by atoms with Gasteiger partial charge in [-0.1, -0.05) is 28.1 Å². The Bertz CT molecular complexity index is 426. The zero-order valence-electron chi connectivity index (χ0n) is 10.3. The summed E-state index contributed by atoms with van der Waals surface area (Å²) in [6.07, 6.45) is 0. The van der Waals surface area contributed by atoms with E-state index in [9.17, 15) is 4.79 Å². The number of ether oxygens (including phenoxy) is 1. The molecule has 1 aromatic rings. The van der Waals surface area contributed by atoms with E-state index in [-0.39, 0.29) is 5.91 Å². The second-order valence-electron chi connectivity index (χ2n) is 4.04. The van der Waals surface area contributed by atoms with Gasteiger partial charge in [0.25, 0.3) is 5.91 Å². The Labute approximate surface area is 115 Å². The first-order valence-electron chi connectivity index (χ1n) is 5.55. The molecular weight excluding hydrogens is 296 g/mol. The molecule has 0 aromatic heterocycles. The van der Waals surface area contributed by atoms with E-state index in [2.05, 4.69) is 27.8 Å². The molecule has 0 unspecified atom stereocenters. The number of nitrogens with two attached hydrogens (primary N) is 1. The molecule has 3 N–H and O–H groups in total. The second kappa shape index (κ2) is 7.18. The van der Waals surface area contributed by atoms with Crippen molar-refractivity contribution in [2.75, 3.05) is 25.5 Å². The quantitative estimate of drug-likeness (QED) is 0.481. The fourth-order valence-corrected chi connectivity index (χ4v) is 1.84. The van der Waals surface area contributed by atoms with Gasteiger partial charge in [0.2, 0.25) is 0 Å². The lowest BCUT2D eigenvalue weighted by atomic mass is 10.2. The fourth-order valence-electron chi connectivity index (χ4n) is 1.33. The van der Waals surface area contributed by atoms with Crippen molar-refractivity contribution in [3.63, 3.8) is 0 Å². The van der Waals surface area contributed by atoms with Crippen molar-refractivity contribution >= 4 is 27.5 Å². The molecular formula is C13H17BrN2O2. The monoisotopic (exact) mass is 312 g/mol. The summed E-state index contributed by atoms with van der Waals surface area (Å²) in [5, 5.41) is 2.76. The van der Waals surface area contributed by atoms with Crippen LogP contribution in [0.5, 0.6) is 0 Å². The molecule has 18 heavy (non-hydrogen) atoms. The molecule has 0 aliphatic carbocycles. The van der Waals surface area contributed by atoms with Gasteiger partial charge in [-0.05, 0) is 25.1 Å². The minimum absolute atomic E-state index is 0.165. The van der Waals surface area contributed by atoms with Gasteiger partial charge in [0.15, 0.2) is 0 Å². The van der Waals surface area contributed by atoms with Crippen LogP contribution in [0.15, 0.2) is 34.8 Å². The van der Waals surface area contributed by atoms with E-state index >= 15 is 0 Å². The van der Waals surface area contributed by atoms with Gasteiger partial charge in [-0.2, -0.15) is 0 Å². The van der Waals surface area contributed by atoms with Gasteiger partial charge in [0.1, 0.15) is 0 Å². The number of hydrogen-bond acceptors (Lipinski definition) is 3. The van der Waals surface area contributed by atoms with Crippen LogP contribution >= 0.6 is 15.9 Å². The van der Waals surface area contributed by atoms with E-state index in [1.165, 1.54) is 0 Å². The van der Waals surface area contributed by atoms with Crippen LogP contribution in [0.2, 0.25) is 0 Å². The third-order valence-corrected chi connectivity index (χ3v) is 2.52. The molecule has 0 saturated heterocycles. The van der Waals surface area contributed by atoms with Gasteiger partial charge in [-0.25, -0.2) is 0 Å². The Morgan fingerprint density at radius 1 is 1.50 bits per heavy atom. The zero-order valence-corrected chi connectivity index (χ0v) is 11.9. The van der Waals surface area contributed by atoms with Crippen LogP contribution in [0.25, 0.3) is 0 Å². The predicted molar refractivity (Wildman–Crippen MR) is 76.5 cm³/mol. The number of benzene rings is 1. The van der Waals surface area contributed by atoms with Crippen molar-refractivity contribution in [2.45, 2.75) is 6.92 Å². The lowest BCUT2D eigenvalue weighted by Crippen LogP contribution is -2.27. The van der Waals surface area contributed by atoms with Crippen molar-refractivity contribution in [1.82, 2.24) is 5.32 Å². The number of hydrogen-bond donors (Lipinski definition) is 2. The summed E-state index contributed by atoms with van der Waals surface area (Å²) in [6, 6.07) is 5.10. The van der Waals surface area contributed by atoms with Crippen molar-refractivity contribution < 1.29 is 9.53 Å². The van der Waals surface area contributed by atoms with Crippen LogP contribution in [0.4, 0.5) is 5.69 Å². The van der Waals surface area contributed by atoms with Gasteiger partial charge >= 0.3 is 0 Å². The maximum absolute atomic E-state index is 11.8. The molecule has 1 amide bonds. The molecule has 0 fully saturated rings. The van der Waals surface area contributed by atoms with Crippen molar-refractivity contribution in [2.24, 2.45) is 0 Å². The molecule has 0 radical (unpaired) electrons. The largest absolute Gasteiger partial charge is 0.399 e. The smallest absolute Gasteiger partial charge is 0.251 e. The van der Waals surface area contributed by atoms with Crippen LogP contribution in [0, 0.1) is 0 Å². The van der Waals surface area contributed by atoms with Crippen molar-refractivity contribution in [3.05, 3.63) is 40.4 Å². The van der Waals surface area contributed by atoms with Crippen LogP contribution in [0.3, 0.4) is 0 Å². The Kier molecular flexibility index (Phi) is 5.88. The maximum atomic E-state index is 11.8. The van der Waals surface area contributed by atoms with E-state index in [4.69, 9.17) is 10.5 Å². The van der Waals surface area contributed by atoms with E-state index in [1.807, 2.05) is 6.92 Å². The summed E-state index contributed by atoms with van der Waals surface area (Å²) in [5.41, 5.74) is 7.70. The molecule has 1 rings (SSSR count). The van der Waals surface area contributed by atoms with Gasteiger partial charge in [-0.15, -0.1) is 0 Å². The third-order valence-electron chi connectivity index (χ3n) is 2.06. The Balaban J connectivity index is 2.38. The minimum Gasteiger partial charge on any atom is -0.399 e. The molecule has 0 atom stereocenters. The number of carbonyl (C=O) groups is 1. The third kappa shape index (κ3) is 5.33. The minimum atomic E-state index is -0.165. The first-order valence-corrected chi connectivity index (χ1v) is 6.34. The summed E-state index contributed by atoms with van der Waals surface area (Å²) in [6.45, 7) is 7.05. The van der Waals surface area contributed by atoms with Gasteiger partial charge in [0, 0.05) is 22.3 Å². The van der Waals surface area contributed by atoms with Gasteiger partial charge in [-0.3, -0.25) is 4.79 Å². The zero-order chi connectivity index (χ0) is 13.5. The SMILES string of the molecule is C=C(C)COCCNC(=O)c1cc(N)cc(Br)c1. The van der Waals surface area contributed by atoms with Crippen molar-refractivity contribution in [1.29, 1.82) is 0 Å². The highest BCUT2D eigenvalue weighted by Crippen LogP contribution is 2.17. The highest BCUT2D eigenvalue weighted by Gasteiger charge is 2.06. The molecule has 0 bridgehead atoms. The molecule has 0 spiro atoms. The summed E-state index contributed by atoms with van der Waals surface area (Å²) < 4.78 is 6.06. The molecule has 5 heteroatoms. The van der Waals surface area contributed by atoms with Crippen LogP contribution < -0.4 is 11.1 Å². The topological polar surface area (TPSA) is 64.3 Å². The molecule has 0 aliphatic heterocycles. The van der Waals surface area contributed by atoms with Gasteiger partial charge in [0.05, 0.1) is 13.2 Å². The van der Waals surface area contributed by atoms with Crippen molar-refractivity contribution in [3.8, 4) is 0 Å². The molecule has 1 aromatic carbocycles. The Morgan fingerprint density at radius 2 is 2.22 bits per heavy atom. The Morgan fingerprint density at radius 3 is 2.83 bits per heavy atom. The lowest BCUT2D eigenvalue weighted by Gasteiger charge is -2.07. The van der Waals surface area contributed by atoms with E-state index < -0.39 is 0 Å². The van der Waals surface area contributed by atoms with Gasteiger partial charge < -0.3 is 15.8 Å². The number of nitrogen functional groups attached to an aromatic ring is 1. The summed E-state index contributed by atoms with van der Waals surface area (Å²) >= 11 is 3.30. The van der Waals surface area contributed by atoms with Crippen LogP contribution in [-0.4, -0.2) is 25.7 Å². The number of carbonyl (C=O) groups excluding carboxylic acids is 1. The first kappa shape index (κ1) is 14.7. The van der Waals surface area contributed by atoms with E-state index in [0.717, 1.165) is 10.0 Å². The number of amides is 1. The average molecular weight is 313 g/mol. The van der Waals surface area contributed by atoms with E-state index in [0.29, 0.717) is 31.0 Å². The predicted octanol–water partition coefficient (Wildman–Crippen LogP) is 2.35. The maximum Gasteiger partial charge on any atom is 0.251 e. The number of nitrogens with one attached hydrogen (secondary N) is 1. The fraction of sp³-hybridized carbons (Fsp3) is 0.308. The highest BCUT2D eigenvalue weighted by molar-refractivity contribution is 9.10. The number of rotatable bonds is 6. The number of anilines is 1. The second-order valence-corrected chi connectivity index (χ2v) is 4.95. The number of halogens is 1. The van der Waals surface area contributed by atoms with E-state index in [1.54, 1.807) is 18.2 Å². The average Bonchev–Trinajstić information content (AvgIpc) is 2.26. The molecule has 98 valence electrons. The summed E-state index contributed by atoms with van der Waals surface area (Å²) in [5.74, 6) is -0.165. The molecule has 0 saturated carbocycles. The molecule has 0 heterocycles. The summed E-state index contributed by atoms with van der Waals surface area (Å²) in [7, 11) is 0. The highest BCUT2D eigenvalue weighted by atomic mass is 79.9. The molecule has 0 aliphatic rings. The lowest BCUT2D eigenvalue weighted by molar-refractivity contribution is 0.0927. The summed E-state index contributed by atoms with van der Waals surface area (Å²) in [4.78, 5) is 11.8. The molecule has 4 nitrogen and oxygen atoms in total. The first-order chi connectivity index (χ1) is 8.49. The Hall–Kier alpha value is -1.33. The standard InChI is InChI=1S/C13H17BrN2O2/c1-9(2)8-18-4-3-16-13(17)10-5-11(14)7-12(15)6-10/h5-7H,1,3-4,8,15H2,2H3,(H,16,17). The van der Waals surface area contributed by atoms with Crippen LogP contribution in [-0.2, 0) is 4.74 Å². The van der Waals surface area contributed by atoms with Crippen LogP contribution in [0.1, 0.15) is 17.3 Å².